The number of nitrogens with two attached hydrogens (primary N) is 1. The molecule has 2 aliphatic rings. The second kappa shape index (κ2) is 3.77. The fourth-order valence-corrected chi connectivity index (χ4v) is 2.79. The number of hydrogen-bond acceptors (Lipinski definition) is 3. The highest BCUT2D eigenvalue weighted by molar-refractivity contribution is 5.33. The Balaban J connectivity index is 1.99. The van der Waals surface area contributed by atoms with Gasteiger partial charge in [-0.3, -0.25) is 0 Å². The van der Waals surface area contributed by atoms with E-state index >= 15 is 0 Å². The van der Waals surface area contributed by atoms with E-state index in [9.17, 15) is 4.39 Å². The van der Waals surface area contributed by atoms with Crippen molar-refractivity contribution in [3.63, 3.8) is 0 Å². The molecule has 3 nitrogen and oxygen atoms in total. The molecule has 0 bridgehead atoms. The highest BCUT2D eigenvalue weighted by atomic mass is 19.1. The van der Waals surface area contributed by atoms with Gasteiger partial charge >= 0.3 is 0 Å². The van der Waals surface area contributed by atoms with E-state index in [1.165, 1.54) is 12.1 Å². The Kier molecular flexibility index (Phi) is 2.47. The maximum absolute atomic E-state index is 13.0. The summed E-state index contributed by atoms with van der Waals surface area (Å²) < 4.78 is 23.7. The lowest BCUT2D eigenvalue weighted by Crippen LogP contribution is -2.69. The summed E-state index contributed by atoms with van der Waals surface area (Å²) in [5.74, 6) is -0.212. The summed E-state index contributed by atoms with van der Waals surface area (Å²) in [6.07, 6.45) is 0. The molecule has 4 heteroatoms. The first-order valence-corrected chi connectivity index (χ1v) is 5.84. The topological polar surface area (TPSA) is 44.5 Å². The molecule has 1 aromatic carbocycles. The second-order valence-electron chi connectivity index (χ2n) is 5.06. The first-order chi connectivity index (χ1) is 8.22. The number of hydrogen-bond donors (Lipinski definition) is 1. The first kappa shape index (κ1) is 11.1. The molecule has 2 aliphatic heterocycles. The minimum Gasteiger partial charge on any atom is -0.380 e. The third-order valence-corrected chi connectivity index (χ3v) is 4.26. The van der Waals surface area contributed by atoms with Crippen molar-refractivity contribution in [3.05, 3.63) is 35.6 Å². The lowest BCUT2D eigenvalue weighted by Gasteiger charge is -2.59. The van der Waals surface area contributed by atoms with E-state index in [0.717, 1.165) is 5.56 Å². The van der Waals surface area contributed by atoms with Crippen molar-refractivity contribution in [2.24, 2.45) is 11.1 Å². The smallest absolute Gasteiger partial charge is 0.123 e. The van der Waals surface area contributed by atoms with Crippen LogP contribution < -0.4 is 5.73 Å². The van der Waals surface area contributed by atoms with Crippen molar-refractivity contribution in [1.82, 2.24) is 0 Å². The highest BCUT2D eigenvalue weighted by Gasteiger charge is 2.60. The monoisotopic (exact) mass is 237 g/mol. The number of benzene rings is 1. The Morgan fingerprint density at radius 3 is 2.00 bits per heavy atom. The zero-order valence-corrected chi connectivity index (χ0v) is 9.62. The molecule has 1 aromatic rings. The summed E-state index contributed by atoms with van der Waals surface area (Å²) in [4.78, 5) is 0. The van der Waals surface area contributed by atoms with Gasteiger partial charge in [0.25, 0.3) is 0 Å². The van der Waals surface area contributed by atoms with Gasteiger partial charge in [-0.05, 0) is 17.7 Å². The first-order valence-electron chi connectivity index (χ1n) is 5.84. The van der Waals surface area contributed by atoms with E-state index in [4.69, 9.17) is 15.2 Å². The van der Waals surface area contributed by atoms with Crippen molar-refractivity contribution in [3.8, 4) is 0 Å². The minimum atomic E-state index is -0.212. The van der Waals surface area contributed by atoms with Crippen LogP contribution in [0.3, 0.4) is 0 Å². The molecule has 0 atom stereocenters. The molecule has 2 fully saturated rings. The van der Waals surface area contributed by atoms with E-state index in [1.54, 1.807) is 0 Å². The molecular formula is C13H16FNO2. The molecule has 17 heavy (non-hydrogen) atoms. The van der Waals surface area contributed by atoms with Gasteiger partial charge in [-0.2, -0.15) is 0 Å². The predicted molar refractivity (Wildman–Crippen MR) is 61.2 cm³/mol. The van der Waals surface area contributed by atoms with E-state index in [2.05, 4.69) is 0 Å². The summed E-state index contributed by atoms with van der Waals surface area (Å²) in [5, 5.41) is 0. The fourth-order valence-electron chi connectivity index (χ4n) is 2.79. The number of rotatable bonds is 3. The van der Waals surface area contributed by atoms with Gasteiger partial charge in [0.05, 0.1) is 31.8 Å². The highest BCUT2D eigenvalue weighted by Crippen LogP contribution is 2.51. The van der Waals surface area contributed by atoms with Gasteiger partial charge in [0.15, 0.2) is 0 Å². The van der Waals surface area contributed by atoms with Crippen molar-refractivity contribution < 1.29 is 13.9 Å². The molecular weight excluding hydrogens is 221 g/mol. The quantitative estimate of drug-likeness (QED) is 0.855. The van der Waals surface area contributed by atoms with Crippen LogP contribution in [0.25, 0.3) is 0 Å². The standard InChI is InChI=1S/C13H16FNO2/c14-11-3-1-10(2-4-11)13(8-17-9-13)12(5-15)6-16-7-12/h1-4H,5-9,15H2. The van der Waals surface area contributed by atoms with Crippen LogP contribution in [0.15, 0.2) is 24.3 Å². The van der Waals surface area contributed by atoms with Crippen LogP contribution in [-0.4, -0.2) is 33.0 Å². The summed E-state index contributed by atoms with van der Waals surface area (Å²) in [7, 11) is 0. The lowest BCUT2D eigenvalue weighted by molar-refractivity contribution is -0.223. The van der Waals surface area contributed by atoms with Crippen LogP contribution >= 0.6 is 0 Å². The Hall–Kier alpha value is -0.970. The molecule has 2 N–H and O–H groups in total. The Morgan fingerprint density at radius 1 is 1.06 bits per heavy atom. The van der Waals surface area contributed by atoms with E-state index < -0.39 is 0 Å². The van der Waals surface area contributed by atoms with Crippen LogP contribution in [0.1, 0.15) is 5.56 Å². The van der Waals surface area contributed by atoms with Crippen molar-refractivity contribution in [2.75, 3.05) is 33.0 Å². The molecule has 2 heterocycles. The van der Waals surface area contributed by atoms with Gasteiger partial charge in [0, 0.05) is 12.0 Å². The second-order valence-corrected chi connectivity index (χ2v) is 5.06. The van der Waals surface area contributed by atoms with E-state index in [1.807, 2.05) is 12.1 Å². The van der Waals surface area contributed by atoms with Gasteiger partial charge in [-0.1, -0.05) is 12.1 Å². The Morgan fingerprint density at radius 2 is 1.65 bits per heavy atom. The zero-order valence-electron chi connectivity index (χ0n) is 9.62. The molecule has 0 unspecified atom stereocenters. The van der Waals surface area contributed by atoms with Gasteiger partial charge in [-0.15, -0.1) is 0 Å². The molecule has 0 aliphatic carbocycles. The van der Waals surface area contributed by atoms with Crippen LogP contribution in [0, 0.1) is 11.2 Å². The van der Waals surface area contributed by atoms with Gasteiger partial charge in [0.2, 0.25) is 0 Å². The minimum absolute atomic E-state index is 0.0386. The zero-order chi connectivity index (χ0) is 11.9. The van der Waals surface area contributed by atoms with Crippen molar-refractivity contribution >= 4 is 0 Å². The van der Waals surface area contributed by atoms with Gasteiger partial charge in [-0.25, -0.2) is 4.39 Å². The molecule has 0 saturated carbocycles. The van der Waals surface area contributed by atoms with Crippen molar-refractivity contribution in [2.45, 2.75) is 5.41 Å². The average molecular weight is 237 g/mol. The SMILES string of the molecule is NCC1(C2(c3ccc(F)cc3)COC2)COC1. The molecule has 0 amide bonds. The lowest BCUT2D eigenvalue weighted by atomic mass is 9.57. The van der Waals surface area contributed by atoms with Crippen LogP contribution in [0.4, 0.5) is 4.39 Å². The molecule has 3 rings (SSSR count). The maximum atomic E-state index is 13.0. The fraction of sp³-hybridized carbons (Fsp3) is 0.538. The Labute approximate surface area is 99.7 Å². The van der Waals surface area contributed by atoms with Crippen LogP contribution in [-0.2, 0) is 14.9 Å². The number of ether oxygens (including phenoxy) is 2. The molecule has 0 radical (unpaired) electrons. The van der Waals surface area contributed by atoms with Crippen molar-refractivity contribution in [1.29, 1.82) is 0 Å². The van der Waals surface area contributed by atoms with Crippen LogP contribution in [0.5, 0.6) is 0 Å². The Bertz CT molecular complexity index is 404. The summed E-state index contributed by atoms with van der Waals surface area (Å²) in [6.45, 7) is 3.22. The number of halogens is 1. The largest absolute Gasteiger partial charge is 0.380 e. The third-order valence-electron chi connectivity index (χ3n) is 4.26. The summed E-state index contributed by atoms with van der Waals surface area (Å²) in [6, 6.07) is 6.68. The maximum Gasteiger partial charge on any atom is 0.123 e. The molecule has 0 aromatic heterocycles. The third kappa shape index (κ3) is 1.38. The normalized spacial score (nSPS) is 24.8. The predicted octanol–water partition coefficient (Wildman–Crippen LogP) is 1.07. The van der Waals surface area contributed by atoms with Crippen LogP contribution in [0.2, 0.25) is 0 Å². The molecule has 0 spiro atoms. The summed E-state index contributed by atoms with van der Waals surface area (Å²) in [5.41, 5.74) is 6.90. The average Bonchev–Trinajstić information content (AvgIpc) is 2.22. The molecule has 92 valence electrons. The molecule has 2 saturated heterocycles. The van der Waals surface area contributed by atoms with Gasteiger partial charge in [0.1, 0.15) is 5.82 Å². The van der Waals surface area contributed by atoms with Gasteiger partial charge < -0.3 is 15.2 Å². The van der Waals surface area contributed by atoms with E-state index in [0.29, 0.717) is 33.0 Å². The van der Waals surface area contributed by atoms with E-state index in [-0.39, 0.29) is 16.6 Å². The summed E-state index contributed by atoms with van der Waals surface area (Å²) >= 11 is 0.